The first kappa shape index (κ1) is 11.9. The van der Waals surface area contributed by atoms with E-state index in [4.69, 9.17) is 5.11 Å². The maximum atomic E-state index is 9.92. The molecule has 2 aliphatic rings. The van der Waals surface area contributed by atoms with Crippen LogP contribution in [0, 0.1) is 18.8 Å². The zero-order valence-electron chi connectivity index (χ0n) is 10.7. The molecule has 2 fully saturated rings. The fraction of sp³-hybridized carbons (Fsp3) is 0.643. The van der Waals surface area contributed by atoms with E-state index in [9.17, 15) is 5.11 Å². The Hall–Kier alpha value is -1.13. The van der Waals surface area contributed by atoms with E-state index in [1.165, 1.54) is 0 Å². The Kier molecular flexibility index (Phi) is 2.99. The van der Waals surface area contributed by atoms with Crippen LogP contribution in [0.3, 0.4) is 0 Å². The number of hydrogen-bond acceptors (Lipinski definition) is 4. The molecule has 1 saturated heterocycles. The van der Waals surface area contributed by atoms with Crippen molar-refractivity contribution >= 4 is 5.82 Å². The average Bonchev–Trinajstić information content (AvgIpc) is 2.92. The molecule has 0 amide bonds. The normalized spacial score (nSPS) is 30.8. The second-order valence-electron chi connectivity index (χ2n) is 5.55. The Balaban J connectivity index is 1.79. The van der Waals surface area contributed by atoms with Crippen molar-refractivity contribution in [1.82, 2.24) is 4.98 Å². The maximum absolute atomic E-state index is 9.92. The molecule has 0 radical (unpaired) electrons. The molecule has 18 heavy (non-hydrogen) atoms. The summed E-state index contributed by atoms with van der Waals surface area (Å²) >= 11 is 0. The van der Waals surface area contributed by atoms with Crippen LogP contribution in [0.2, 0.25) is 0 Å². The number of nitrogens with zero attached hydrogens (tertiary/aromatic N) is 2. The monoisotopic (exact) mass is 248 g/mol. The summed E-state index contributed by atoms with van der Waals surface area (Å²) in [5.41, 5.74) is 1.78. The number of anilines is 1. The van der Waals surface area contributed by atoms with E-state index in [2.05, 4.69) is 9.88 Å². The van der Waals surface area contributed by atoms with Gasteiger partial charge in [0.1, 0.15) is 5.82 Å². The van der Waals surface area contributed by atoms with Gasteiger partial charge in [0, 0.05) is 24.7 Å². The first-order valence-corrected chi connectivity index (χ1v) is 6.69. The Labute approximate surface area is 107 Å². The number of aryl methyl sites for hydroxylation is 1. The largest absolute Gasteiger partial charge is 0.393 e. The van der Waals surface area contributed by atoms with Crippen LogP contribution >= 0.6 is 0 Å². The van der Waals surface area contributed by atoms with Crippen LogP contribution in [0.25, 0.3) is 0 Å². The highest BCUT2D eigenvalue weighted by Gasteiger charge is 2.42. The molecule has 1 aliphatic carbocycles. The molecule has 4 heteroatoms. The summed E-state index contributed by atoms with van der Waals surface area (Å²) in [6.07, 6.45) is 1.97. The summed E-state index contributed by atoms with van der Waals surface area (Å²) in [7, 11) is 0. The summed E-state index contributed by atoms with van der Waals surface area (Å²) in [5, 5.41) is 19.1. The molecule has 0 spiro atoms. The molecular weight excluding hydrogens is 228 g/mol. The van der Waals surface area contributed by atoms with Gasteiger partial charge < -0.3 is 15.1 Å². The van der Waals surface area contributed by atoms with Crippen molar-refractivity contribution in [2.75, 3.05) is 18.0 Å². The standard InChI is InChI=1S/C14H20N2O2/c1-9-11(8-17)3-5-14(15-9)16-6-10-2-4-13(18)12(10)7-16/h3,5,10,12-13,17-18H,2,4,6-8H2,1H3. The molecule has 3 unspecified atom stereocenters. The van der Waals surface area contributed by atoms with E-state index in [-0.39, 0.29) is 12.7 Å². The minimum absolute atomic E-state index is 0.0447. The molecule has 0 bridgehead atoms. The fourth-order valence-corrected chi connectivity index (χ4v) is 3.34. The lowest BCUT2D eigenvalue weighted by Crippen LogP contribution is -2.25. The summed E-state index contributed by atoms with van der Waals surface area (Å²) in [5.74, 6) is 2.02. The Morgan fingerprint density at radius 2 is 2.17 bits per heavy atom. The van der Waals surface area contributed by atoms with E-state index in [0.29, 0.717) is 11.8 Å². The van der Waals surface area contributed by atoms with E-state index < -0.39 is 0 Å². The maximum Gasteiger partial charge on any atom is 0.128 e. The number of aliphatic hydroxyl groups is 2. The fourth-order valence-electron chi connectivity index (χ4n) is 3.34. The molecule has 4 nitrogen and oxygen atoms in total. The van der Waals surface area contributed by atoms with Crippen LogP contribution in [0.5, 0.6) is 0 Å². The predicted octanol–water partition coefficient (Wildman–Crippen LogP) is 1.09. The Morgan fingerprint density at radius 3 is 2.83 bits per heavy atom. The molecule has 1 aliphatic heterocycles. The highest BCUT2D eigenvalue weighted by Crippen LogP contribution is 2.39. The molecule has 98 valence electrons. The third-order valence-corrected chi connectivity index (χ3v) is 4.49. The van der Waals surface area contributed by atoms with Crippen LogP contribution in [0.15, 0.2) is 12.1 Å². The minimum Gasteiger partial charge on any atom is -0.393 e. The predicted molar refractivity (Wildman–Crippen MR) is 69.3 cm³/mol. The molecule has 1 aromatic rings. The summed E-state index contributed by atoms with van der Waals surface area (Å²) < 4.78 is 0. The highest BCUT2D eigenvalue weighted by atomic mass is 16.3. The second-order valence-corrected chi connectivity index (χ2v) is 5.55. The van der Waals surface area contributed by atoms with Crippen LogP contribution in [-0.4, -0.2) is 34.4 Å². The van der Waals surface area contributed by atoms with Gasteiger partial charge in [-0.2, -0.15) is 0 Å². The van der Waals surface area contributed by atoms with Crippen molar-refractivity contribution in [2.24, 2.45) is 11.8 Å². The lowest BCUT2D eigenvalue weighted by atomic mass is 10.00. The van der Waals surface area contributed by atoms with Crippen LogP contribution in [0.4, 0.5) is 5.82 Å². The van der Waals surface area contributed by atoms with Crippen molar-refractivity contribution in [2.45, 2.75) is 32.5 Å². The Morgan fingerprint density at radius 1 is 1.33 bits per heavy atom. The smallest absolute Gasteiger partial charge is 0.128 e. The van der Waals surface area contributed by atoms with Crippen molar-refractivity contribution in [1.29, 1.82) is 0 Å². The van der Waals surface area contributed by atoms with Gasteiger partial charge in [0.25, 0.3) is 0 Å². The first-order chi connectivity index (χ1) is 8.69. The molecular formula is C14H20N2O2. The van der Waals surface area contributed by atoms with Crippen LogP contribution in [0.1, 0.15) is 24.1 Å². The van der Waals surface area contributed by atoms with Gasteiger partial charge in [0.2, 0.25) is 0 Å². The van der Waals surface area contributed by atoms with E-state index in [1.807, 2.05) is 19.1 Å². The number of fused-ring (bicyclic) bond motifs is 1. The molecule has 2 N–H and O–H groups in total. The molecule has 3 atom stereocenters. The van der Waals surface area contributed by atoms with E-state index >= 15 is 0 Å². The topological polar surface area (TPSA) is 56.6 Å². The van der Waals surface area contributed by atoms with Gasteiger partial charge in [-0.3, -0.25) is 0 Å². The van der Waals surface area contributed by atoms with E-state index in [1.54, 1.807) is 0 Å². The van der Waals surface area contributed by atoms with Crippen LogP contribution in [-0.2, 0) is 6.61 Å². The molecule has 1 aromatic heterocycles. The lowest BCUT2D eigenvalue weighted by Gasteiger charge is -2.20. The van der Waals surface area contributed by atoms with Gasteiger partial charge in [0.05, 0.1) is 12.7 Å². The minimum atomic E-state index is -0.127. The molecule has 1 saturated carbocycles. The number of pyridine rings is 1. The first-order valence-electron chi connectivity index (χ1n) is 6.69. The zero-order chi connectivity index (χ0) is 12.7. The van der Waals surface area contributed by atoms with Crippen LogP contribution < -0.4 is 4.90 Å². The molecule has 0 aromatic carbocycles. The molecule has 3 rings (SSSR count). The van der Waals surface area contributed by atoms with Gasteiger partial charge >= 0.3 is 0 Å². The number of rotatable bonds is 2. The zero-order valence-corrected chi connectivity index (χ0v) is 10.7. The van der Waals surface area contributed by atoms with Gasteiger partial charge in [0.15, 0.2) is 0 Å². The van der Waals surface area contributed by atoms with Crippen molar-refractivity contribution in [3.8, 4) is 0 Å². The SMILES string of the molecule is Cc1nc(N2CC3CCC(O)C3C2)ccc1CO. The third kappa shape index (κ3) is 1.89. The number of aliphatic hydroxyl groups excluding tert-OH is 2. The van der Waals surface area contributed by atoms with Crippen molar-refractivity contribution < 1.29 is 10.2 Å². The van der Waals surface area contributed by atoms with Crippen molar-refractivity contribution in [3.05, 3.63) is 23.4 Å². The van der Waals surface area contributed by atoms with Gasteiger partial charge in [-0.05, 0) is 37.3 Å². The summed E-state index contributed by atoms with van der Waals surface area (Å²) in [4.78, 5) is 6.83. The number of hydrogen-bond donors (Lipinski definition) is 2. The summed E-state index contributed by atoms with van der Waals surface area (Å²) in [6.45, 7) is 3.90. The van der Waals surface area contributed by atoms with Gasteiger partial charge in [-0.15, -0.1) is 0 Å². The summed E-state index contributed by atoms with van der Waals surface area (Å²) in [6, 6.07) is 3.92. The Bertz CT molecular complexity index is 449. The third-order valence-electron chi connectivity index (χ3n) is 4.49. The quantitative estimate of drug-likeness (QED) is 0.822. The average molecular weight is 248 g/mol. The second kappa shape index (κ2) is 4.52. The van der Waals surface area contributed by atoms with E-state index in [0.717, 1.165) is 43.0 Å². The molecule has 2 heterocycles. The van der Waals surface area contributed by atoms with Gasteiger partial charge in [-0.1, -0.05) is 6.07 Å². The lowest BCUT2D eigenvalue weighted by molar-refractivity contribution is 0.133. The van der Waals surface area contributed by atoms with Gasteiger partial charge in [-0.25, -0.2) is 4.98 Å². The number of aromatic nitrogens is 1. The van der Waals surface area contributed by atoms with Crippen molar-refractivity contribution in [3.63, 3.8) is 0 Å². The highest BCUT2D eigenvalue weighted by molar-refractivity contribution is 5.43.